The van der Waals surface area contributed by atoms with E-state index in [1.165, 1.54) is 23.4 Å². The van der Waals surface area contributed by atoms with Crippen molar-refractivity contribution in [3.8, 4) is 5.75 Å². The monoisotopic (exact) mass is 423 g/mol. The molecule has 0 bridgehead atoms. The lowest BCUT2D eigenvalue weighted by atomic mass is 9.89. The van der Waals surface area contributed by atoms with Crippen molar-refractivity contribution in [2.75, 3.05) is 42.6 Å². The summed E-state index contributed by atoms with van der Waals surface area (Å²) in [6, 6.07) is 13.2. The van der Waals surface area contributed by atoms with E-state index in [4.69, 9.17) is 4.74 Å². The first kappa shape index (κ1) is 20.3. The fourth-order valence-corrected chi connectivity index (χ4v) is 5.54. The highest BCUT2D eigenvalue weighted by Crippen LogP contribution is 2.51. The van der Waals surface area contributed by atoms with E-state index in [-0.39, 0.29) is 17.8 Å². The summed E-state index contributed by atoms with van der Waals surface area (Å²) in [6.07, 6.45) is 2.01. The number of anilines is 2. The number of ether oxygens (including phenoxy) is 1. The highest BCUT2D eigenvalue weighted by atomic mass is 19.1. The van der Waals surface area contributed by atoms with E-state index in [0.717, 1.165) is 38.2 Å². The van der Waals surface area contributed by atoms with Crippen LogP contribution in [-0.4, -0.2) is 55.7 Å². The maximum Gasteiger partial charge on any atom is 0.246 e. The lowest BCUT2D eigenvalue weighted by Crippen LogP contribution is -2.53. The number of hydrogen-bond acceptors (Lipinski definition) is 4. The van der Waals surface area contributed by atoms with Crippen LogP contribution < -0.4 is 14.5 Å². The number of benzene rings is 2. The highest BCUT2D eigenvalue weighted by Gasteiger charge is 2.47. The molecule has 2 unspecified atom stereocenters. The van der Waals surface area contributed by atoms with E-state index in [0.29, 0.717) is 30.9 Å². The van der Waals surface area contributed by atoms with Gasteiger partial charge in [-0.05, 0) is 62.6 Å². The van der Waals surface area contributed by atoms with Gasteiger partial charge in [-0.15, -0.1) is 0 Å². The van der Waals surface area contributed by atoms with E-state index in [1.807, 2.05) is 4.90 Å². The van der Waals surface area contributed by atoms with E-state index in [2.05, 4.69) is 41.8 Å². The number of piperidine rings is 1. The zero-order chi connectivity index (χ0) is 21.5. The summed E-state index contributed by atoms with van der Waals surface area (Å²) in [4.78, 5) is 19.8. The molecule has 3 aliphatic heterocycles. The summed E-state index contributed by atoms with van der Waals surface area (Å²) in [5, 5.41) is 0. The molecule has 164 valence electrons. The smallest absolute Gasteiger partial charge is 0.246 e. The van der Waals surface area contributed by atoms with Crippen LogP contribution in [0, 0.1) is 5.82 Å². The minimum atomic E-state index is -0.244. The first-order chi connectivity index (χ1) is 15.0. The van der Waals surface area contributed by atoms with Crippen LogP contribution in [0.3, 0.4) is 0 Å². The summed E-state index contributed by atoms with van der Waals surface area (Å²) in [5.41, 5.74) is 3.76. The van der Waals surface area contributed by atoms with Crippen molar-refractivity contribution in [3.63, 3.8) is 0 Å². The van der Waals surface area contributed by atoms with Gasteiger partial charge < -0.3 is 19.4 Å². The number of hydrogen-bond donors (Lipinski definition) is 0. The molecule has 0 spiro atoms. The number of carbonyl (C=O) groups is 1. The fourth-order valence-electron chi connectivity index (χ4n) is 5.54. The van der Waals surface area contributed by atoms with Gasteiger partial charge >= 0.3 is 0 Å². The molecule has 2 aromatic rings. The SMILES string of the molecule is CC(C)N1C(=O)CN2c3c(cccc31)C1CN(CCCOc3ccc(F)cc3)CCC12. The Balaban J connectivity index is 1.24. The number of fused-ring (bicyclic) bond motifs is 3. The molecular formula is C25H30FN3O2. The maximum absolute atomic E-state index is 13.0. The molecule has 5 nitrogen and oxygen atoms in total. The summed E-state index contributed by atoms with van der Waals surface area (Å²) >= 11 is 0. The van der Waals surface area contributed by atoms with Crippen molar-refractivity contribution in [2.45, 2.75) is 44.7 Å². The normalized spacial score (nSPS) is 22.6. The van der Waals surface area contributed by atoms with Crippen molar-refractivity contribution in [2.24, 2.45) is 0 Å². The Labute approximate surface area is 183 Å². The molecule has 2 aromatic carbocycles. The molecule has 6 heteroatoms. The van der Waals surface area contributed by atoms with Gasteiger partial charge in [0.05, 0.1) is 24.5 Å². The van der Waals surface area contributed by atoms with Crippen molar-refractivity contribution in [1.29, 1.82) is 0 Å². The Kier molecular flexibility index (Phi) is 5.34. The van der Waals surface area contributed by atoms with E-state index in [9.17, 15) is 9.18 Å². The molecule has 1 fully saturated rings. The molecule has 1 saturated heterocycles. The van der Waals surface area contributed by atoms with Crippen LogP contribution in [0.4, 0.5) is 15.8 Å². The Morgan fingerprint density at radius 2 is 1.97 bits per heavy atom. The van der Waals surface area contributed by atoms with Gasteiger partial charge in [-0.25, -0.2) is 4.39 Å². The molecule has 5 rings (SSSR count). The van der Waals surface area contributed by atoms with E-state index >= 15 is 0 Å². The first-order valence-electron chi connectivity index (χ1n) is 11.4. The molecule has 31 heavy (non-hydrogen) atoms. The van der Waals surface area contributed by atoms with E-state index in [1.54, 1.807) is 12.1 Å². The maximum atomic E-state index is 13.0. The van der Waals surface area contributed by atoms with Crippen molar-refractivity contribution in [3.05, 3.63) is 53.8 Å². The Bertz CT molecular complexity index is 962. The zero-order valence-electron chi connectivity index (χ0n) is 18.3. The molecule has 0 aromatic heterocycles. The predicted octanol–water partition coefficient (Wildman–Crippen LogP) is 4.03. The van der Waals surface area contributed by atoms with Crippen LogP contribution in [0.1, 0.15) is 38.2 Å². The first-order valence-corrected chi connectivity index (χ1v) is 11.4. The standard InChI is InChI=1S/C25H30FN3O2/c1-17(2)29-23-6-3-5-20-21-15-27(12-4-14-31-19-9-7-18(26)8-10-19)13-11-22(21)28(25(20)23)16-24(29)30/h3,5-10,17,21-22H,4,11-16H2,1-2H3. The third-order valence-electron chi connectivity index (χ3n) is 6.84. The minimum absolute atomic E-state index is 0.168. The van der Waals surface area contributed by atoms with Gasteiger partial charge in [0.2, 0.25) is 5.91 Å². The highest BCUT2D eigenvalue weighted by molar-refractivity contribution is 6.05. The number of likely N-dealkylation sites (tertiary alicyclic amines) is 1. The van der Waals surface area contributed by atoms with Gasteiger partial charge in [-0.1, -0.05) is 12.1 Å². The number of carbonyl (C=O) groups excluding carboxylic acids is 1. The average Bonchev–Trinajstić information content (AvgIpc) is 3.06. The quantitative estimate of drug-likeness (QED) is 0.658. The Morgan fingerprint density at radius 1 is 1.16 bits per heavy atom. The molecule has 0 N–H and O–H groups in total. The van der Waals surface area contributed by atoms with E-state index < -0.39 is 0 Å². The van der Waals surface area contributed by atoms with Gasteiger partial charge in [-0.2, -0.15) is 0 Å². The lowest BCUT2D eigenvalue weighted by molar-refractivity contribution is -0.118. The van der Waals surface area contributed by atoms with Crippen LogP contribution in [0.5, 0.6) is 5.75 Å². The number of amides is 1. The van der Waals surface area contributed by atoms with Gasteiger partial charge in [0.15, 0.2) is 0 Å². The van der Waals surface area contributed by atoms with Crippen molar-refractivity contribution >= 4 is 17.3 Å². The fraction of sp³-hybridized carbons (Fsp3) is 0.480. The number of para-hydroxylation sites is 1. The second-order valence-corrected chi connectivity index (χ2v) is 9.12. The molecule has 0 saturated carbocycles. The number of rotatable bonds is 6. The summed E-state index contributed by atoms with van der Waals surface area (Å²) < 4.78 is 18.8. The third kappa shape index (κ3) is 3.67. The molecule has 2 atom stereocenters. The molecular weight excluding hydrogens is 393 g/mol. The van der Waals surface area contributed by atoms with Crippen LogP contribution in [0.15, 0.2) is 42.5 Å². The minimum Gasteiger partial charge on any atom is -0.494 e. The molecule has 1 amide bonds. The van der Waals surface area contributed by atoms with Gasteiger partial charge in [-0.3, -0.25) is 4.79 Å². The Hall–Kier alpha value is -2.60. The topological polar surface area (TPSA) is 36.0 Å². The van der Waals surface area contributed by atoms with Gasteiger partial charge in [0.25, 0.3) is 0 Å². The summed E-state index contributed by atoms with van der Waals surface area (Å²) in [7, 11) is 0. The molecule has 3 aliphatic rings. The van der Waals surface area contributed by atoms with Crippen LogP contribution in [0.25, 0.3) is 0 Å². The van der Waals surface area contributed by atoms with Crippen molar-refractivity contribution in [1.82, 2.24) is 4.90 Å². The lowest BCUT2D eigenvalue weighted by Gasteiger charge is -2.42. The molecule has 3 heterocycles. The zero-order valence-corrected chi connectivity index (χ0v) is 18.3. The predicted molar refractivity (Wildman–Crippen MR) is 121 cm³/mol. The Morgan fingerprint density at radius 3 is 2.74 bits per heavy atom. The number of halogens is 1. The van der Waals surface area contributed by atoms with Crippen molar-refractivity contribution < 1.29 is 13.9 Å². The second-order valence-electron chi connectivity index (χ2n) is 9.12. The van der Waals surface area contributed by atoms with Gasteiger partial charge in [0.1, 0.15) is 11.6 Å². The average molecular weight is 424 g/mol. The largest absolute Gasteiger partial charge is 0.494 e. The van der Waals surface area contributed by atoms with Crippen LogP contribution in [0.2, 0.25) is 0 Å². The summed E-state index contributed by atoms with van der Waals surface area (Å²) in [6.45, 7) is 8.34. The third-order valence-corrected chi connectivity index (χ3v) is 6.84. The van der Waals surface area contributed by atoms with Crippen LogP contribution >= 0.6 is 0 Å². The number of nitrogens with zero attached hydrogens (tertiary/aromatic N) is 3. The molecule has 0 radical (unpaired) electrons. The molecule has 0 aliphatic carbocycles. The van der Waals surface area contributed by atoms with Crippen LogP contribution in [-0.2, 0) is 4.79 Å². The summed E-state index contributed by atoms with van der Waals surface area (Å²) in [5.74, 6) is 1.12. The second kappa shape index (κ2) is 8.15. The van der Waals surface area contributed by atoms with Gasteiger partial charge in [0, 0.05) is 37.6 Å².